The minimum Gasteiger partial charge on any atom is -0.343 e. The molecular formula is C12H15N3OS. The fourth-order valence-electron chi connectivity index (χ4n) is 1.52. The van der Waals surface area contributed by atoms with Crippen molar-refractivity contribution in [3.63, 3.8) is 0 Å². The fourth-order valence-corrected chi connectivity index (χ4v) is 2.60. The van der Waals surface area contributed by atoms with Crippen molar-refractivity contribution in [2.75, 3.05) is 0 Å². The lowest BCUT2D eigenvalue weighted by Gasteiger charge is -2.04. The van der Waals surface area contributed by atoms with Crippen LogP contribution in [0.25, 0.3) is 10.8 Å². The van der Waals surface area contributed by atoms with E-state index < -0.39 is 0 Å². The fraction of sp³-hybridized carbons (Fsp3) is 0.417. The van der Waals surface area contributed by atoms with Crippen molar-refractivity contribution < 1.29 is 4.79 Å². The van der Waals surface area contributed by atoms with Gasteiger partial charge in [-0.2, -0.15) is 0 Å². The van der Waals surface area contributed by atoms with Crippen LogP contribution in [0.15, 0.2) is 12.4 Å². The van der Waals surface area contributed by atoms with Crippen molar-refractivity contribution in [1.29, 1.82) is 0 Å². The quantitative estimate of drug-likeness (QED) is 0.847. The molecule has 1 N–H and O–H groups in total. The first-order chi connectivity index (χ1) is 8.13. The number of nitrogens with zero attached hydrogens (tertiary/aromatic N) is 2. The number of hydrogen-bond donors (Lipinski definition) is 1. The molecule has 0 fully saturated rings. The van der Waals surface area contributed by atoms with E-state index in [1.165, 1.54) is 11.3 Å². The van der Waals surface area contributed by atoms with Crippen molar-refractivity contribution in [3.8, 4) is 10.8 Å². The van der Waals surface area contributed by atoms with Gasteiger partial charge in [-0.25, -0.2) is 9.97 Å². The van der Waals surface area contributed by atoms with Gasteiger partial charge >= 0.3 is 0 Å². The Hall–Kier alpha value is -1.49. The van der Waals surface area contributed by atoms with Gasteiger partial charge in [0.1, 0.15) is 0 Å². The summed E-state index contributed by atoms with van der Waals surface area (Å²) in [5.74, 6) is 0.959. The lowest BCUT2D eigenvalue weighted by Crippen LogP contribution is -2.09. The third-order valence-electron chi connectivity index (χ3n) is 2.78. The van der Waals surface area contributed by atoms with Gasteiger partial charge in [0.2, 0.25) is 0 Å². The van der Waals surface area contributed by atoms with Crippen LogP contribution in [0.2, 0.25) is 0 Å². The van der Waals surface area contributed by atoms with Crippen LogP contribution in [0.5, 0.6) is 0 Å². The standard InChI is InChI=1S/C12H15N3OS/c1-4-7(2)9(16)10-8(3)15-12(17-10)11-13-5-6-14-11/h5-7H,4H2,1-3H3,(H,13,14). The third-order valence-corrected chi connectivity index (χ3v) is 3.96. The lowest BCUT2D eigenvalue weighted by molar-refractivity contribution is 0.0930. The first-order valence-corrected chi connectivity index (χ1v) is 6.46. The van der Waals surface area contributed by atoms with Gasteiger partial charge in [0, 0.05) is 18.3 Å². The number of carbonyl (C=O) groups excluding carboxylic acids is 1. The van der Waals surface area contributed by atoms with Crippen LogP contribution >= 0.6 is 11.3 Å². The molecule has 2 aromatic rings. The summed E-state index contributed by atoms with van der Waals surface area (Å²) in [7, 11) is 0. The van der Waals surface area contributed by atoms with E-state index in [0.717, 1.165) is 27.8 Å². The smallest absolute Gasteiger partial charge is 0.177 e. The maximum Gasteiger partial charge on any atom is 0.177 e. The van der Waals surface area contributed by atoms with Crippen LogP contribution in [-0.4, -0.2) is 20.7 Å². The Kier molecular flexibility index (Phi) is 3.38. The van der Waals surface area contributed by atoms with Crippen LogP contribution in [0.4, 0.5) is 0 Å². The molecule has 1 unspecified atom stereocenters. The van der Waals surface area contributed by atoms with Gasteiger partial charge in [0.15, 0.2) is 16.6 Å². The largest absolute Gasteiger partial charge is 0.343 e. The number of aryl methyl sites for hydroxylation is 1. The highest BCUT2D eigenvalue weighted by Crippen LogP contribution is 2.27. The van der Waals surface area contributed by atoms with E-state index in [4.69, 9.17) is 0 Å². The zero-order valence-electron chi connectivity index (χ0n) is 10.2. The average Bonchev–Trinajstić information content (AvgIpc) is 2.95. The second-order valence-electron chi connectivity index (χ2n) is 4.04. The number of aromatic amines is 1. The molecule has 0 bridgehead atoms. The highest BCUT2D eigenvalue weighted by Gasteiger charge is 2.20. The van der Waals surface area contributed by atoms with Gasteiger partial charge in [-0.1, -0.05) is 13.8 Å². The number of imidazole rings is 1. The molecule has 1 atom stereocenters. The summed E-state index contributed by atoms with van der Waals surface area (Å²) in [5.41, 5.74) is 0.798. The normalized spacial score (nSPS) is 12.6. The first-order valence-electron chi connectivity index (χ1n) is 5.64. The number of carbonyl (C=O) groups is 1. The van der Waals surface area contributed by atoms with E-state index in [-0.39, 0.29) is 11.7 Å². The molecule has 2 rings (SSSR count). The summed E-state index contributed by atoms with van der Waals surface area (Å²) in [5, 5.41) is 0.777. The summed E-state index contributed by atoms with van der Waals surface area (Å²) >= 11 is 1.41. The topological polar surface area (TPSA) is 58.6 Å². The molecule has 2 aromatic heterocycles. The Bertz CT molecular complexity index is 516. The number of thiazole rings is 1. The second-order valence-corrected chi connectivity index (χ2v) is 5.04. The summed E-state index contributed by atoms with van der Waals surface area (Å²) in [4.78, 5) is 24.4. The number of aromatic nitrogens is 3. The molecule has 0 saturated carbocycles. The monoisotopic (exact) mass is 249 g/mol. The maximum atomic E-state index is 12.1. The molecule has 0 aliphatic carbocycles. The zero-order chi connectivity index (χ0) is 12.4. The minimum atomic E-state index is 0.0543. The van der Waals surface area contributed by atoms with Gasteiger partial charge in [0.05, 0.1) is 10.6 Å². The van der Waals surface area contributed by atoms with Gasteiger partial charge < -0.3 is 4.98 Å². The first kappa shape index (κ1) is 12.0. The van der Waals surface area contributed by atoms with Crippen LogP contribution in [0.3, 0.4) is 0 Å². The van der Waals surface area contributed by atoms with Gasteiger partial charge in [-0.3, -0.25) is 4.79 Å². The number of ketones is 1. The van der Waals surface area contributed by atoms with Crippen molar-refractivity contribution >= 4 is 17.1 Å². The molecule has 17 heavy (non-hydrogen) atoms. The molecule has 0 amide bonds. The molecule has 0 aliphatic heterocycles. The van der Waals surface area contributed by atoms with Crippen LogP contribution in [-0.2, 0) is 0 Å². The Morgan fingerprint density at radius 2 is 2.35 bits per heavy atom. The van der Waals surface area contributed by atoms with E-state index in [1.54, 1.807) is 12.4 Å². The Morgan fingerprint density at radius 3 is 2.94 bits per heavy atom. The number of nitrogens with one attached hydrogen (secondary N) is 1. The summed E-state index contributed by atoms with van der Waals surface area (Å²) in [6.07, 6.45) is 4.29. The number of hydrogen-bond acceptors (Lipinski definition) is 4. The SMILES string of the molecule is CCC(C)C(=O)c1sc(-c2ncc[nH]2)nc1C. The van der Waals surface area contributed by atoms with E-state index in [0.29, 0.717) is 0 Å². The Balaban J connectivity index is 2.34. The van der Waals surface area contributed by atoms with E-state index in [2.05, 4.69) is 15.0 Å². The maximum absolute atomic E-state index is 12.1. The molecule has 0 aromatic carbocycles. The van der Waals surface area contributed by atoms with Gasteiger partial charge in [-0.05, 0) is 13.3 Å². The summed E-state index contributed by atoms with van der Waals surface area (Å²) in [6.45, 7) is 5.85. The van der Waals surface area contributed by atoms with Crippen LogP contribution in [0.1, 0.15) is 35.6 Å². The molecule has 0 radical (unpaired) electrons. The van der Waals surface area contributed by atoms with Crippen LogP contribution in [0, 0.1) is 12.8 Å². The van der Waals surface area contributed by atoms with Gasteiger partial charge in [-0.15, -0.1) is 11.3 Å². The zero-order valence-corrected chi connectivity index (χ0v) is 11.0. The Labute approximate surface area is 104 Å². The predicted molar refractivity (Wildman–Crippen MR) is 68.2 cm³/mol. The van der Waals surface area contributed by atoms with Crippen molar-refractivity contribution in [1.82, 2.24) is 15.0 Å². The lowest BCUT2D eigenvalue weighted by atomic mass is 10.0. The van der Waals surface area contributed by atoms with Crippen LogP contribution < -0.4 is 0 Å². The molecule has 90 valence electrons. The highest BCUT2D eigenvalue weighted by atomic mass is 32.1. The average molecular weight is 249 g/mol. The summed E-state index contributed by atoms with van der Waals surface area (Å²) < 4.78 is 0. The number of Topliss-reactive ketones (excluding diaryl/α,β-unsaturated/α-hetero) is 1. The van der Waals surface area contributed by atoms with Crippen molar-refractivity contribution in [3.05, 3.63) is 23.0 Å². The summed E-state index contributed by atoms with van der Waals surface area (Å²) in [6, 6.07) is 0. The number of rotatable bonds is 4. The molecular weight excluding hydrogens is 234 g/mol. The molecule has 2 heterocycles. The third kappa shape index (κ3) is 2.29. The Morgan fingerprint density at radius 1 is 1.59 bits per heavy atom. The van der Waals surface area contributed by atoms with E-state index >= 15 is 0 Å². The minimum absolute atomic E-state index is 0.0543. The molecule has 5 heteroatoms. The van der Waals surface area contributed by atoms with Gasteiger partial charge in [0.25, 0.3) is 0 Å². The van der Waals surface area contributed by atoms with E-state index in [1.807, 2.05) is 20.8 Å². The molecule has 0 saturated heterocycles. The molecule has 0 aliphatic rings. The van der Waals surface area contributed by atoms with E-state index in [9.17, 15) is 4.79 Å². The number of H-pyrrole nitrogens is 1. The molecule has 0 spiro atoms. The second kappa shape index (κ2) is 4.79. The van der Waals surface area contributed by atoms with Crippen molar-refractivity contribution in [2.45, 2.75) is 27.2 Å². The molecule has 4 nitrogen and oxygen atoms in total. The highest BCUT2D eigenvalue weighted by molar-refractivity contribution is 7.17. The van der Waals surface area contributed by atoms with Crippen molar-refractivity contribution in [2.24, 2.45) is 5.92 Å². The predicted octanol–water partition coefficient (Wildman–Crippen LogP) is 3.07.